The molecule has 0 aliphatic carbocycles. The first-order valence-corrected chi connectivity index (χ1v) is 13.5. The van der Waals surface area contributed by atoms with E-state index in [1.807, 2.05) is 32.1 Å². The number of carbonyl (C=O) groups excluding carboxylic acids is 1. The molecule has 0 saturated heterocycles. The highest BCUT2D eigenvalue weighted by molar-refractivity contribution is 6.00. The lowest BCUT2D eigenvalue weighted by atomic mass is 9.87. The van der Waals surface area contributed by atoms with E-state index in [4.69, 9.17) is 10.5 Å². The molecule has 1 aliphatic rings. The Hall–Kier alpha value is -4.71. The van der Waals surface area contributed by atoms with Gasteiger partial charge in [-0.2, -0.15) is 0 Å². The highest BCUT2D eigenvalue weighted by Gasteiger charge is 2.28. The van der Waals surface area contributed by atoms with E-state index in [0.717, 1.165) is 62.5 Å². The predicted octanol–water partition coefficient (Wildman–Crippen LogP) is 8.57. The van der Waals surface area contributed by atoms with Gasteiger partial charge in [0.05, 0.1) is 11.6 Å². The van der Waals surface area contributed by atoms with Crippen LogP contribution in [0.5, 0.6) is 5.75 Å². The van der Waals surface area contributed by atoms with Crippen molar-refractivity contribution in [3.05, 3.63) is 129 Å². The van der Waals surface area contributed by atoms with E-state index in [-0.39, 0.29) is 11.6 Å². The molecule has 0 bridgehead atoms. The van der Waals surface area contributed by atoms with Crippen LogP contribution in [0.25, 0.3) is 16.9 Å². The summed E-state index contributed by atoms with van der Waals surface area (Å²) in [7, 11) is 0. The Morgan fingerprint density at radius 1 is 1.10 bits per heavy atom. The van der Waals surface area contributed by atoms with Crippen molar-refractivity contribution in [3.8, 4) is 5.75 Å². The first-order chi connectivity index (χ1) is 19.3. The largest absolute Gasteiger partial charge is 0.455 e. The van der Waals surface area contributed by atoms with Gasteiger partial charge in [-0.05, 0) is 92.4 Å². The van der Waals surface area contributed by atoms with Gasteiger partial charge in [-0.25, -0.2) is 0 Å². The number of nitrogens with one attached hydrogen (secondary N) is 1. The Labute approximate surface area is 235 Å². The van der Waals surface area contributed by atoms with E-state index >= 15 is 0 Å². The van der Waals surface area contributed by atoms with E-state index < -0.39 is 5.91 Å². The number of nitroso groups, excluding NO2 is 1. The van der Waals surface area contributed by atoms with Gasteiger partial charge in [0.25, 0.3) is 0 Å². The van der Waals surface area contributed by atoms with Gasteiger partial charge in [0.1, 0.15) is 11.5 Å². The SMILES string of the molecule is C/C=C(\C=CN)c1ccc(C2=C(C)C(=CCC)c3cc(C)cc(C(C)Nc4ccccc4C(=O)N=O)c3O2)cc1. The molecule has 1 atom stereocenters. The summed E-state index contributed by atoms with van der Waals surface area (Å²) < 4.78 is 6.74. The summed E-state index contributed by atoms with van der Waals surface area (Å²) in [6.07, 6.45) is 8.56. The van der Waals surface area contributed by atoms with Crippen molar-refractivity contribution in [1.29, 1.82) is 0 Å². The minimum atomic E-state index is -0.807. The Kier molecular flexibility index (Phi) is 8.80. The number of benzene rings is 3. The van der Waals surface area contributed by atoms with Crippen LogP contribution in [0.15, 0.2) is 95.8 Å². The van der Waals surface area contributed by atoms with Crippen LogP contribution in [0.1, 0.15) is 78.3 Å². The first-order valence-electron chi connectivity index (χ1n) is 13.5. The summed E-state index contributed by atoms with van der Waals surface area (Å²) in [6.45, 7) is 10.3. The summed E-state index contributed by atoms with van der Waals surface area (Å²) >= 11 is 0. The number of carbonyl (C=O) groups is 1. The Bertz CT molecular complexity index is 1560. The maximum Gasteiger partial charge on any atom is 0.318 e. The zero-order chi connectivity index (χ0) is 28.8. The van der Waals surface area contributed by atoms with Gasteiger partial charge in [-0.15, -0.1) is 4.91 Å². The van der Waals surface area contributed by atoms with Gasteiger partial charge in [0.15, 0.2) is 0 Å². The lowest BCUT2D eigenvalue weighted by Gasteiger charge is -2.29. The molecule has 3 aromatic carbocycles. The van der Waals surface area contributed by atoms with Crippen LogP contribution in [0.2, 0.25) is 0 Å². The molecule has 204 valence electrons. The molecular formula is C34H35N3O3. The molecule has 0 spiro atoms. The van der Waals surface area contributed by atoms with E-state index in [2.05, 4.69) is 73.7 Å². The molecule has 6 heteroatoms. The van der Waals surface area contributed by atoms with Crippen molar-refractivity contribution in [1.82, 2.24) is 0 Å². The summed E-state index contributed by atoms with van der Waals surface area (Å²) in [5, 5.41) is 6.03. The quantitative estimate of drug-likeness (QED) is 0.223. The van der Waals surface area contributed by atoms with E-state index in [0.29, 0.717) is 5.69 Å². The molecule has 0 aromatic heterocycles. The molecular weight excluding hydrogens is 498 g/mol. The predicted molar refractivity (Wildman–Crippen MR) is 165 cm³/mol. The normalized spacial score (nSPS) is 15.1. The fourth-order valence-corrected chi connectivity index (χ4v) is 5.11. The number of aryl methyl sites for hydroxylation is 1. The van der Waals surface area contributed by atoms with Crippen LogP contribution in [0.4, 0.5) is 5.69 Å². The van der Waals surface area contributed by atoms with Crippen molar-refractivity contribution in [2.75, 3.05) is 5.32 Å². The van der Waals surface area contributed by atoms with E-state index in [9.17, 15) is 9.70 Å². The third kappa shape index (κ3) is 5.66. The first kappa shape index (κ1) is 28.3. The zero-order valence-corrected chi connectivity index (χ0v) is 23.6. The molecule has 1 unspecified atom stereocenters. The number of nitrogens with zero attached hydrogens (tertiary/aromatic N) is 1. The van der Waals surface area contributed by atoms with Gasteiger partial charge in [0.2, 0.25) is 0 Å². The fourth-order valence-electron chi connectivity index (χ4n) is 5.11. The second-order valence-electron chi connectivity index (χ2n) is 9.80. The summed E-state index contributed by atoms with van der Waals surface area (Å²) in [5.41, 5.74) is 14.8. The number of anilines is 1. The summed E-state index contributed by atoms with van der Waals surface area (Å²) in [5.74, 6) is 0.763. The Balaban J connectivity index is 1.79. The monoisotopic (exact) mass is 533 g/mol. The molecule has 1 heterocycles. The zero-order valence-electron chi connectivity index (χ0n) is 23.6. The van der Waals surface area contributed by atoms with Crippen LogP contribution in [-0.2, 0) is 0 Å². The highest BCUT2D eigenvalue weighted by Crippen LogP contribution is 2.46. The lowest BCUT2D eigenvalue weighted by Crippen LogP contribution is -2.15. The van der Waals surface area contributed by atoms with Crippen LogP contribution in [-0.4, -0.2) is 5.91 Å². The van der Waals surface area contributed by atoms with Gasteiger partial charge >= 0.3 is 5.91 Å². The molecule has 0 radical (unpaired) electrons. The van der Waals surface area contributed by atoms with Crippen molar-refractivity contribution in [2.24, 2.45) is 10.9 Å². The number of amides is 1. The van der Waals surface area contributed by atoms with Gasteiger partial charge in [-0.3, -0.25) is 4.79 Å². The maximum atomic E-state index is 12.1. The van der Waals surface area contributed by atoms with Gasteiger partial charge in [-0.1, -0.05) is 61.5 Å². The Morgan fingerprint density at radius 2 is 1.82 bits per heavy atom. The second-order valence-corrected chi connectivity index (χ2v) is 9.80. The summed E-state index contributed by atoms with van der Waals surface area (Å²) in [6, 6.07) is 19.2. The molecule has 1 aliphatic heterocycles. The number of ether oxygens (including phenoxy) is 1. The van der Waals surface area contributed by atoms with Crippen LogP contribution in [0, 0.1) is 11.8 Å². The maximum absolute atomic E-state index is 12.1. The molecule has 1 amide bonds. The molecule has 6 nitrogen and oxygen atoms in total. The standard InChI is InChI=1S/C34H35N3O3/c1-6-10-27-22(4)32(26-15-13-25(14-16-26)24(7-2)17-18-35)40-33-29(19-21(3)20-30(27)33)23(5)36-31-12-9-8-11-28(31)34(38)37-39/h7-20,23,36H,6,35H2,1-5H3/b18-17?,24-7+,27-10?. The molecule has 0 saturated carbocycles. The average Bonchev–Trinajstić information content (AvgIpc) is 2.97. The van der Waals surface area contributed by atoms with Crippen LogP contribution >= 0.6 is 0 Å². The molecule has 3 N–H and O–H groups in total. The lowest BCUT2D eigenvalue weighted by molar-refractivity contribution is 0.100. The average molecular weight is 534 g/mol. The van der Waals surface area contributed by atoms with Crippen LogP contribution < -0.4 is 15.8 Å². The summed E-state index contributed by atoms with van der Waals surface area (Å²) in [4.78, 5) is 23.1. The molecule has 40 heavy (non-hydrogen) atoms. The van der Waals surface area contributed by atoms with Crippen molar-refractivity contribution < 1.29 is 9.53 Å². The minimum Gasteiger partial charge on any atom is -0.455 e. The third-order valence-corrected chi connectivity index (χ3v) is 7.06. The second kappa shape index (κ2) is 12.4. The number of nitrogens with two attached hydrogens (primary N) is 1. The van der Waals surface area contributed by atoms with Crippen molar-refractivity contribution in [2.45, 2.75) is 47.1 Å². The van der Waals surface area contributed by atoms with Gasteiger partial charge < -0.3 is 15.8 Å². The molecule has 3 aromatic rings. The van der Waals surface area contributed by atoms with E-state index in [1.54, 1.807) is 24.4 Å². The molecule has 0 fully saturated rings. The van der Waals surface area contributed by atoms with Crippen molar-refractivity contribution >= 4 is 28.5 Å². The third-order valence-electron chi connectivity index (χ3n) is 7.06. The number of rotatable bonds is 8. The Morgan fingerprint density at radius 3 is 2.48 bits per heavy atom. The van der Waals surface area contributed by atoms with Crippen molar-refractivity contribution in [3.63, 3.8) is 0 Å². The number of allylic oxidation sites excluding steroid dienone is 6. The number of hydrogen-bond donors (Lipinski definition) is 2. The number of hydrogen-bond acceptors (Lipinski definition) is 5. The fraction of sp³-hybridized carbons (Fsp3) is 0.206. The number of fused-ring (bicyclic) bond motifs is 1. The topological polar surface area (TPSA) is 93.8 Å². The number of para-hydroxylation sites is 1. The smallest absolute Gasteiger partial charge is 0.318 e. The van der Waals surface area contributed by atoms with Gasteiger partial charge in [0, 0.05) is 27.6 Å². The van der Waals surface area contributed by atoms with Crippen LogP contribution in [0.3, 0.4) is 0 Å². The van der Waals surface area contributed by atoms with E-state index in [1.165, 1.54) is 0 Å². The molecule has 4 rings (SSSR count). The minimum absolute atomic E-state index is 0.236. The highest BCUT2D eigenvalue weighted by atomic mass is 16.5.